The molecule has 0 fully saturated rings. The van der Waals surface area contributed by atoms with Gasteiger partial charge in [0.1, 0.15) is 11.4 Å². The molecule has 5 nitrogen and oxygen atoms in total. The summed E-state index contributed by atoms with van der Waals surface area (Å²) in [6.45, 7) is 3.24. The standard InChI is InChI=1S/C21H22N2O3/c1-16-9-11-18(12-10-16)25-14-6-5-13-22-21(24)20-15-19(23-26-20)17-7-3-2-4-8-17/h2-4,7-12,15H,5-6,13-14H2,1H3,(H,22,24). The smallest absolute Gasteiger partial charge is 0.289 e. The number of unbranched alkanes of at least 4 members (excludes halogenated alkanes) is 1. The first kappa shape index (κ1) is 17.7. The summed E-state index contributed by atoms with van der Waals surface area (Å²) in [5, 5.41) is 6.79. The molecule has 0 bridgehead atoms. The first-order valence-electron chi connectivity index (χ1n) is 8.72. The molecule has 0 unspecified atom stereocenters. The van der Waals surface area contributed by atoms with Crippen molar-refractivity contribution in [3.63, 3.8) is 0 Å². The number of aromatic nitrogens is 1. The van der Waals surface area contributed by atoms with Gasteiger partial charge in [-0.2, -0.15) is 0 Å². The third-order valence-corrected chi connectivity index (χ3v) is 3.95. The molecule has 134 valence electrons. The first-order chi connectivity index (χ1) is 12.7. The minimum Gasteiger partial charge on any atom is -0.494 e. The highest BCUT2D eigenvalue weighted by molar-refractivity contribution is 5.92. The quantitative estimate of drug-likeness (QED) is 0.617. The van der Waals surface area contributed by atoms with Crippen molar-refractivity contribution >= 4 is 5.91 Å². The molecule has 0 aliphatic carbocycles. The minimum atomic E-state index is -0.251. The Kier molecular flexibility index (Phi) is 6.04. The van der Waals surface area contributed by atoms with Gasteiger partial charge in [0.15, 0.2) is 0 Å². The molecule has 2 aromatic carbocycles. The SMILES string of the molecule is Cc1ccc(OCCCCNC(=O)c2cc(-c3ccccc3)no2)cc1. The van der Waals surface area contributed by atoms with Crippen LogP contribution in [0.3, 0.4) is 0 Å². The Morgan fingerprint density at radius 2 is 1.85 bits per heavy atom. The summed E-state index contributed by atoms with van der Waals surface area (Å²) in [4.78, 5) is 12.1. The van der Waals surface area contributed by atoms with Gasteiger partial charge in [-0.1, -0.05) is 53.2 Å². The number of amides is 1. The van der Waals surface area contributed by atoms with Crippen LogP contribution in [0.2, 0.25) is 0 Å². The lowest BCUT2D eigenvalue weighted by atomic mass is 10.1. The molecule has 3 rings (SSSR count). The number of nitrogens with one attached hydrogen (secondary N) is 1. The third kappa shape index (κ3) is 4.96. The van der Waals surface area contributed by atoms with E-state index in [0.717, 1.165) is 24.2 Å². The molecule has 0 radical (unpaired) electrons. The van der Waals surface area contributed by atoms with Gasteiger partial charge in [0.25, 0.3) is 5.91 Å². The van der Waals surface area contributed by atoms with Crippen molar-refractivity contribution in [1.82, 2.24) is 10.5 Å². The minimum absolute atomic E-state index is 0.222. The Labute approximate surface area is 153 Å². The Hall–Kier alpha value is -3.08. The molecule has 0 saturated carbocycles. The van der Waals surface area contributed by atoms with Crippen LogP contribution < -0.4 is 10.1 Å². The molecule has 0 saturated heterocycles. The number of hydrogen-bond donors (Lipinski definition) is 1. The van der Waals surface area contributed by atoms with Crippen molar-refractivity contribution < 1.29 is 14.1 Å². The molecular weight excluding hydrogens is 328 g/mol. The first-order valence-corrected chi connectivity index (χ1v) is 8.72. The number of carbonyl (C=O) groups excluding carboxylic acids is 1. The lowest BCUT2D eigenvalue weighted by Gasteiger charge is -2.06. The van der Waals surface area contributed by atoms with E-state index in [-0.39, 0.29) is 11.7 Å². The second-order valence-electron chi connectivity index (χ2n) is 6.07. The molecule has 1 amide bonds. The van der Waals surface area contributed by atoms with E-state index in [2.05, 4.69) is 10.5 Å². The molecule has 0 aliphatic heterocycles. The van der Waals surface area contributed by atoms with Crippen LogP contribution >= 0.6 is 0 Å². The maximum absolute atomic E-state index is 12.1. The van der Waals surface area contributed by atoms with Crippen LogP contribution in [-0.4, -0.2) is 24.2 Å². The molecule has 1 heterocycles. The molecule has 5 heteroatoms. The number of hydrogen-bond acceptors (Lipinski definition) is 4. The van der Waals surface area contributed by atoms with E-state index in [1.165, 1.54) is 5.56 Å². The largest absolute Gasteiger partial charge is 0.494 e. The van der Waals surface area contributed by atoms with Crippen LogP contribution in [0.1, 0.15) is 29.0 Å². The molecule has 1 N–H and O–H groups in total. The van der Waals surface area contributed by atoms with Crippen molar-refractivity contribution in [2.24, 2.45) is 0 Å². The summed E-state index contributed by atoms with van der Waals surface area (Å²) in [5.74, 6) is 0.841. The van der Waals surface area contributed by atoms with E-state index in [0.29, 0.717) is 18.8 Å². The van der Waals surface area contributed by atoms with Gasteiger partial charge < -0.3 is 14.6 Å². The second kappa shape index (κ2) is 8.85. The topological polar surface area (TPSA) is 64.4 Å². The third-order valence-electron chi connectivity index (χ3n) is 3.95. The Morgan fingerprint density at radius 3 is 2.62 bits per heavy atom. The summed E-state index contributed by atoms with van der Waals surface area (Å²) in [7, 11) is 0. The molecule has 0 aliphatic rings. The van der Waals surface area contributed by atoms with E-state index in [1.54, 1.807) is 6.07 Å². The van der Waals surface area contributed by atoms with E-state index in [4.69, 9.17) is 9.26 Å². The summed E-state index contributed by atoms with van der Waals surface area (Å²) < 4.78 is 10.8. The van der Waals surface area contributed by atoms with Crippen molar-refractivity contribution in [1.29, 1.82) is 0 Å². The van der Waals surface area contributed by atoms with Crippen molar-refractivity contribution in [2.45, 2.75) is 19.8 Å². The zero-order valence-electron chi connectivity index (χ0n) is 14.8. The summed E-state index contributed by atoms with van der Waals surface area (Å²) in [5.41, 5.74) is 2.79. The zero-order valence-corrected chi connectivity index (χ0v) is 14.8. The van der Waals surface area contributed by atoms with Crippen LogP contribution in [0.25, 0.3) is 11.3 Å². The Morgan fingerprint density at radius 1 is 1.08 bits per heavy atom. The number of aryl methyl sites for hydroxylation is 1. The molecular formula is C21H22N2O3. The highest BCUT2D eigenvalue weighted by Crippen LogP contribution is 2.18. The number of benzene rings is 2. The van der Waals surface area contributed by atoms with Crippen LogP contribution in [0.5, 0.6) is 5.75 Å². The lowest BCUT2D eigenvalue weighted by molar-refractivity contribution is 0.0915. The van der Waals surface area contributed by atoms with E-state index >= 15 is 0 Å². The van der Waals surface area contributed by atoms with Gasteiger partial charge in [0.05, 0.1) is 6.61 Å². The average molecular weight is 350 g/mol. The fraction of sp³-hybridized carbons (Fsp3) is 0.238. The summed E-state index contributed by atoms with van der Waals surface area (Å²) in [6, 6.07) is 19.3. The monoisotopic (exact) mass is 350 g/mol. The second-order valence-corrected chi connectivity index (χ2v) is 6.07. The van der Waals surface area contributed by atoms with Crippen LogP contribution in [-0.2, 0) is 0 Å². The number of nitrogens with zero attached hydrogens (tertiary/aromatic N) is 1. The zero-order chi connectivity index (χ0) is 18.2. The maximum Gasteiger partial charge on any atom is 0.289 e. The number of rotatable bonds is 8. The molecule has 3 aromatic rings. The normalized spacial score (nSPS) is 10.5. The highest BCUT2D eigenvalue weighted by atomic mass is 16.5. The van der Waals surface area contributed by atoms with Gasteiger partial charge >= 0.3 is 0 Å². The lowest BCUT2D eigenvalue weighted by Crippen LogP contribution is -2.24. The van der Waals surface area contributed by atoms with E-state index in [9.17, 15) is 4.79 Å². The van der Waals surface area contributed by atoms with Crippen molar-refractivity contribution in [2.75, 3.05) is 13.2 Å². The fourth-order valence-electron chi connectivity index (χ4n) is 2.47. The Balaban J connectivity index is 1.37. The predicted octanol–water partition coefficient (Wildman–Crippen LogP) is 4.24. The van der Waals surface area contributed by atoms with Crippen molar-refractivity contribution in [3.8, 4) is 17.0 Å². The van der Waals surface area contributed by atoms with Crippen LogP contribution in [0, 0.1) is 6.92 Å². The van der Waals surface area contributed by atoms with E-state index < -0.39 is 0 Å². The number of ether oxygens (including phenoxy) is 1. The van der Waals surface area contributed by atoms with E-state index in [1.807, 2.05) is 61.5 Å². The summed E-state index contributed by atoms with van der Waals surface area (Å²) in [6.07, 6.45) is 1.69. The van der Waals surface area contributed by atoms with Gasteiger partial charge in [-0.05, 0) is 31.9 Å². The van der Waals surface area contributed by atoms with Gasteiger partial charge in [-0.3, -0.25) is 4.79 Å². The maximum atomic E-state index is 12.1. The summed E-state index contributed by atoms with van der Waals surface area (Å²) >= 11 is 0. The molecule has 26 heavy (non-hydrogen) atoms. The van der Waals surface area contributed by atoms with Crippen LogP contribution in [0.4, 0.5) is 0 Å². The Bertz CT molecular complexity index is 826. The predicted molar refractivity (Wildman–Crippen MR) is 100 cm³/mol. The van der Waals surface area contributed by atoms with Gasteiger partial charge in [-0.25, -0.2) is 0 Å². The molecule has 0 spiro atoms. The fourth-order valence-corrected chi connectivity index (χ4v) is 2.47. The molecule has 0 atom stereocenters. The van der Waals surface area contributed by atoms with Gasteiger partial charge in [0, 0.05) is 18.2 Å². The van der Waals surface area contributed by atoms with Gasteiger partial charge in [-0.15, -0.1) is 0 Å². The molecule has 1 aromatic heterocycles. The van der Waals surface area contributed by atoms with Gasteiger partial charge in [0.2, 0.25) is 5.76 Å². The average Bonchev–Trinajstić information content (AvgIpc) is 3.17. The number of carbonyl (C=O) groups is 1. The van der Waals surface area contributed by atoms with Crippen molar-refractivity contribution in [3.05, 3.63) is 72.0 Å². The highest BCUT2D eigenvalue weighted by Gasteiger charge is 2.13. The van der Waals surface area contributed by atoms with Crippen LogP contribution in [0.15, 0.2) is 65.2 Å².